The third kappa shape index (κ3) is 6.43. The SMILES string of the molecule is CCCCCCCCC(NCC)c1snnc1C(C)(C)C. The van der Waals surface area contributed by atoms with Gasteiger partial charge in [0.15, 0.2) is 0 Å². The Morgan fingerprint density at radius 3 is 2.33 bits per heavy atom. The van der Waals surface area contributed by atoms with Crippen LogP contribution in [-0.2, 0) is 5.41 Å². The highest BCUT2D eigenvalue weighted by molar-refractivity contribution is 7.05. The second-order valence-electron chi connectivity index (χ2n) is 6.90. The van der Waals surface area contributed by atoms with Crippen LogP contribution in [0, 0.1) is 0 Å². The molecule has 21 heavy (non-hydrogen) atoms. The van der Waals surface area contributed by atoms with E-state index in [1.165, 1.54) is 55.5 Å². The summed E-state index contributed by atoms with van der Waals surface area (Å²) in [5.74, 6) is 0. The van der Waals surface area contributed by atoms with E-state index in [0.717, 1.165) is 6.54 Å². The normalized spacial score (nSPS) is 13.6. The molecule has 1 unspecified atom stereocenters. The van der Waals surface area contributed by atoms with Crippen molar-refractivity contribution >= 4 is 11.5 Å². The molecule has 1 rings (SSSR count). The fraction of sp³-hybridized carbons (Fsp3) is 0.882. The number of nitrogens with one attached hydrogen (secondary N) is 1. The minimum atomic E-state index is 0.0805. The quantitative estimate of drug-likeness (QED) is 0.601. The monoisotopic (exact) mass is 311 g/mol. The fourth-order valence-corrected chi connectivity index (χ4v) is 3.62. The lowest BCUT2D eigenvalue weighted by atomic mass is 9.89. The predicted octanol–water partition coefficient (Wildman–Crippen LogP) is 5.24. The van der Waals surface area contributed by atoms with Crippen molar-refractivity contribution in [2.45, 2.75) is 91.0 Å². The van der Waals surface area contributed by atoms with Crippen molar-refractivity contribution in [2.24, 2.45) is 0 Å². The van der Waals surface area contributed by atoms with Gasteiger partial charge in [0, 0.05) is 11.5 Å². The van der Waals surface area contributed by atoms with E-state index in [4.69, 9.17) is 0 Å². The molecule has 0 aliphatic heterocycles. The Kier molecular flexibility index (Phi) is 8.42. The maximum absolute atomic E-state index is 4.39. The molecule has 1 aromatic heterocycles. The van der Waals surface area contributed by atoms with Crippen LogP contribution in [0.2, 0.25) is 0 Å². The highest BCUT2D eigenvalue weighted by Crippen LogP contribution is 2.32. The first-order valence-corrected chi connectivity index (χ1v) is 9.34. The Morgan fingerprint density at radius 1 is 1.05 bits per heavy atom. The van der Waals surface area contributed by atoms with Gasteiger partial charge >= 0.3 is 0 Å². The van der Waals surface area contributed by atoms with Gasteiger partial charge in [-0.2, -0.15) is 0 Å². The van der Waals surface area contributed by atoms with Crippen LogP contribution < -0.4 is 5.32 Å². The third-order valence-corrected chi connectivity index (χ3v) is 4.68. The van der Waals surface area contributed by atoms with Crippen LogP contribution in [0.25, 0.3) is 0 Å². The van der Waals surface area contributed by atoms with Gasteiger partial charge in [0.25, 0.3) is 0 Å². The highest BCUT2D eigenvalue weighted by atomic mass is 32.1. The van der Waals surface area contributed by atoms with Crippen molar-refractivity contribution in [3.8, 4) is 0 Å². The molecule has 0 aromatic carbocycles. The summed E-state index contributed by atoms with van der Waals surface area (Å²) in [7, 11) is 0. The molecule has 4 heteroatoms. The lowest BCUT2D eigenvalue weighted by Gasteiger charge is -2.22. The first-order valence-electron chi connectivity index (χ1n) is 8.56. The Morgan fingerprint density at radius 2 is 1.71 bits per heavy atom. The molecule has 122 valence electrons. The summed E-state index contributed by atoms with van der Waals surface area (Å²) < 4.78 is 4.21. The molecule has 1 aromatic rings. The van der Waals surface area contributed by atoms with E-state index in [2.05, 4.69) is 49.5 Å². The number of unbranched alkanes of at least 4 members (excludes halogenated alkanes) is 5. The molecule has 0 amide bonds. The van der Waals surface area contributed by atoms with E-state index in [1.54, 1.807) is 11.5 Å². The molecule has 0 radical (unpaired) electrons. The Labute approximate surface area is 135 Å². The van der Waals surface area contributed by atoms with E-state index in [1.807, 2.05) is 0 Å². The molecule has 0 bridgehead atoms. The van der Waals surface area contributed by atoms with Crippen molar-refractivity contribution < 1.29 is 0 Å². The van der Waals surface area contributed by atoms with Gasteiger partial charge in [-0.25, -0.2) is 0 Å². The summed E-state index contributed by atoms with van der Waals surface area (Å²) in [5.41, 5.74) is 1.25. The summed E-state index contributed by atoms with van der Waals surface area (Å²) in [5, 5.41) is 8.02. The van der Waals surface area contributed by atoms with Crippen LogP contribution in [0.3, 0.4) is 0 Å². The second-order valence-corrected chi connectivity index (χ2v) is 7.69. The molecule has 0 spiro atoms. The molecule has 0 aliphatic rings. The number of hydrogen-bond donors (Lipinski definition) is 1. The van der Waals surface area contributed by atoms with Crippen LogP contribution in [0.5, 0.6) is 0 Å². The predicted molar refractivity (Wildman–Crippen MR) is 93.0 cm³/mol. The van der Waals surface area contributed by atoms with Crippen LogP contribution in [0.15, 0.2) is 0 Å². The average Bonchev–Trinajstić information content (AvgIpc) is 2.90. The molecule has 1 N–H and O–H groups in total. The fourth-order valence-electron chi connectivity index (χ4n) is 2.65. The number of hydrogen-bond acceptors (Lipinski definition) is 4. The largest absolute Gasteiger partial charge is 0.309 e. The lowest BCUT2D eigenvalue weighted by Crippen LogP contribution is -2.24. The Bertz CT molecular complexity index is 382. The summed E-state index contributed by atoms with van der Waals surface area (Å²) in [6.07, 6.45) is 9.30. The summed E-state index contributed by atoms with van der Waals surface area (Å²) in [6, 6.07) is 0.426. The van der Waals surface area contributed by atoms with Gasteiger partial charge in [0.1, 0.15) is 0 Å². The molecule has 1 heterocycles. The van der Waals surface area contributed by atoms with Crippen molar-refractivity contribution in [1.82, 2.24) is 14.9 Å². The molecule has 0 aliphatic carbocycles. The van der Waals surface area contributed by atoms with Crippen molar-refractivity contribution in [1.29, 1.82) is 0 Å². The zero-order valence-electron chi connectivity index (χ0n) is 14.5. The first kappa shape index (κ1) is 18.6. The Balaban J connectivity index is 2.55. The van der Waals surface area contributed by atoms with Gasteiger partial charge in [-0.05, 0) is 24.5 Å². The van der Waals surface area contributed by atoms with Crippen LogP contribution in [0.4, 0.5) is 0 Å². The first-order chi connectivity index (χ1) is 10.0. The van der Waals surface area contributed by atoms with E-state index in [9.17, 15) is 0 Å². The molecule has 0 fully saturated rings. The minimum Gasteiger partial charge on any atom is -0.309 e. The van der Waals surface area contributed by atoms with Crippen molar-refractivity contribution in [3.63, 3.8) is 0 Å². The maximum Gasteiger partial charge on any atom is 0.0857 e. The number of rotatable bonds is 10. The third-order valence-electron chi connectivity index (χ3n) is 3.84. The molecule has 0 saturated heterocycles. The van der Waals surface area contributed by atoms with E-state index < -0.39 is 0 Å². The Hall–Kier alpha value is -0.480. The standard InChI is InChI=1S/C17H33N3S/c1-6-8-9-10-11-12-13-14(18-7-2)15-16(17(3,4)5)19-20-21-15/h14,18H,6-13H2,1-5H3. The van der Waals surface area contributed by atoms with Crippen LogP contribution in [-0.4, -0.2) is 16.1 Å². The summed E-state index contributed by atoms with van der Waals surface area (Å²) >= 11 is 1.57. The molecule has 0 saturated carbocycles. The van der Waals surface area contributed by atoms with Gasteiger partial charge in [-0.3, -0.25) is 0 Å². The summed E-state index contributed by atoms with van der Waals surface area (Å²) in [6.45, 7) is 12.1. The number of nitrogens with zero attached hydrogens (tertiary/aromatic N) is 2. The van der Waals surface area contributed by atoms with E-state index in [-0.39, 0.29) is 5.41 Å². The second kappa shape index (κ2) is 9.52. The van der Waals surface area contributed by atoms with E-state index >= 15 is 0 Å². The maximum atomic E-state index is 4.39. The van der Waals surface area contributed by atoms with Crippen molar-refractivity contribution in [3.05, 3.63) is 10.6 Å². The van der Waals surface area contributed by atoms with E-state index in [0.29, 0.717) is 6.04 Å². The average molecular weight is 312 g/mol. The molecular formula is C17H33N3S. The van der Waals surface area contributed by atoms with Crippen molar-refractivity contribution in [2.75, 3.05) is 6.54 Å². The van der Waals surface area contributed by atoms with Gasteiger partial charge in [0.2, 0.25) is 0 Å². The molecular weight excluding hydrogens is 278 g/mol. The van der Waals surface area contributed by atoms with Crippen LogP contribution >= 0.6 is 11.5 Å². The van der Waals surface area contributed by atoms with Gasteiger partial charge in [-0.1, -0.05) is 77.6 Å². The molecule has 3 nitrogen and oxygen atoms in total. The van der Waals surface area contributed by atoms with Gasteiger partial charge in [-0.15, -0.1) is 5.10 Å². The van der Waals surface area contributed by atoms with Crippen LogP contribution in [0.1, 0.15) is 96.2 Å². The minimum absolute atomic E-state index is 0.0805. The number of aromatic nitrogens is 2. The lowest BCUT2D eigenvalue weighted by molar-refractivity contribution is 0.467. The molecule has 1 atom stereocenters. The highest BCUT2D eigenvalue weighted by Gasteiger charge is 2.26. The topological polar surface area (TPSA) is 37.8 Å². The van der Waals surface area contributed by atoms with Gasteiger partial charge in [0.05, 0.1) is 10.6 Å². The zero-order chi connectivity index (χ0) is 15.7. The van der Waals surface area contributed by atoms with Gasteiger partial charge < -0.3 is 5.32 Å². The zero-order valence-corrected chi connectivity index (χ0v) is 15.4. The summed E-state index contributed by atoms with van der Waals surface area (Å²) in [4.78, 5) is 1.35. The smallest absolute Gasteiger partial charge is 0.0857 e.